The SMILES string of the molecule is COc1c(F)cc(N2CCN(CC(=O)Nc3ccc4c(c3)CC(=O)C4)[C@H](C)C2)cc1F. The van der Waals surface area contributed by atoms with Crippen molar-refractivity contribution in [3.63, 3.8) is 0 Å². The van der Waals surface area contributed by atoms with Crippen molar-refractivity contribution < 1.29 is 23.1 Å². The molecule has 1 aliphatic heterocycles. The summed E-state index contributed by atoms with van der Waals surface area (Å²) in [5.74, 6) is -1.79. The van der Waals surface area contributed by atoms with E-state index in [-0.39, 0.29) is 30.0 Å². The molecule has 0 aromatic heterocycles. The summed E-state index contributed by atoms with van der Waals surface area (Å²) in [6, 6.07) is 8.15. The third-order valence-electron chi connectivity index (χ3n) is 5.93. The van der Waals surface area contributed by atoms with Gasteiger partial charge in [0.2, 0.25) is 5.91 Å². The molecule has 0 saturated carbocycles. The second-order valence-electron chi connectivity index (χ2n) is 8.13. The first-order valence-corrected chi connectivity index (χ1v) is 10.3. The smallest absolute Gasteiger partial charge is 0.238 e. The maximum Gasteiger partial charge on any atom is 0.238 e. The molecule has 1 N–H and O–H groups in total. The quantitative estimate of drug-likeness (QED) is 0.792. The van der Waals surface area contributed by atoms with E-state index in [1.54, 1.807) is 0 Å². The third kappa shape index (κ3) is 4.54. The zero-order valence-corrected chi connectivity index (χ0v) is 17.6. The fourth-order valence-electron chi connectivity index (χ4n) is 4.30. The van der Waals surface area contributed by atoms with Crippen LogP contribution >= 0.6 is 0 Å². The van der Waals surface area contributed by atoms with Gasteiger partial charge in [0.25, 0.3) is 0 Å². The first kappa shape index (κ1) is 21.2. The summed E-state index contributed by atoms with van der Waals surface area (Å²) in [4.78, 5) is 28.1. The average Bonchev–Trinajstić information content (AvgIpc) is 3.08. The summed E-state index contributed by atoms with van der Waals surface area (Å²) in [5.41, 5.74) is 3.15. The molecule has 0 unspecified atom stereocenters. The Kier molecular flexibility index (Phi) is 5.91. The molecular weight excluding hydrogens is 404 g/mol. The topological polar surface area (TPSA) is 61.9 Å². The second kappa shape index (κ2) is 8.63. The van der Waals surface area contributed by atoms with Gasteiger partial charge < -0.3 is 15.0 Å². The fraction of sp³-hybridized carbons (Fsp3) is 0.391. The van der Waals surface area contributed by atoms with Gasteiger partial charge in [-0.2, -0.15) is 0 Å². The second-order valence-corrected chi connectivity index (χ2v) is 8.13. The summed E-state index contributed by atoms with van der Waals surface area (Å²) >= 11 is 0. The Morgan fingerprint density at radius 1 is 1.13 bits per heavy atom. The van der Waals surface area contributed by atoms with E-state index in [2.05, 4.69) is 5.32 Å². The van der Waals surface area contributed by atoms with Crippen molar-refractivity contribution >= 4 is 23.1 Å². The van der Waals surface area contributed by atoms with Gasteiger partial charge in [-0.05, 0) is 30.2 Å². The van der Waals surface area contributed by atoms with Crippen LogP contribution in [0.5, 0.6) is 5.75 Å². The number of anilines is 2. The molecule has 2 aliphatic rings. The highest BCUT2D eigenvalue weighted by Gasteiger charge is 2.27. The minimum Gasteiger partial charge on any atom is -0.491 e. The number of hydrogen-bond donors (Lipinski definition) is 1. The normalized spacial score (nSPS) is 18.8. The number of piperazine rings is 1. The summed E-state index contributed by atoms with van der Waals surface area (Å²) in [5, 5.41) is 2.91. The lowest BCUT2D eigenvalue weighted by Gasteiger charge is -2.40. The van der Waals surface area contributed by atoms with Gasteiger partial charge in [0.1, 0.15) is 5.78 Å². The highest BCUT2D eigenvalue weighted by atomic mass is 19.1. The summed E-state index contributed by atoms with van der Waals surface area (Å²) in [7, 11) is 1.23. The summed E-state index contributed by atoms with van der Waals surface area (Å²) in [6.07, 6.45) is 0.887. The molecule has 2 aromatic carbocycles. The van der Waals surface area contributed by atoms with Crippen LogP contribution in [0.15, 0.2) is 30.3 Å². The molecule has 1 amide bonds. The van der Waals surface area contributed by atoms with Crippen LogP contribution in [-0.4, -0.2) is 55.9 Å². The number of methoxy groups -OCH3 is 1. The molecule has 31 heavy (non-hydrogen) atoms. The number of carbonyl (C=O) groups excluding carboxylic acids is 2. The van der Waals surface area contributed by atoms with Crippen LogP contribution in [0.2, 0.25) is 0 Å². The molecule has 2 aromatic rings. The Bertz CT molecular complexity index is 1000. The van der Waals surface area contributed by atoms with Crippen LogP contribution in [0, 0.1) is 11.6 Å². The van der Waals surface area contributed by atoms with Crippen molar-refractivity contribution in [2.75, 3.05) is 43.5 Å². The van der Waals surface area contributed by atoms with Gasteiger partial charge in [-0.1, -0.05) is 6.07 Å². The van der Waals surface area contributed by atoms with E-state index >= 15 is 0 Å². The molecule has 6 nitrogen and oxygen atoms in total. The minimum absolute atomic E-state index is 0.0189. The summed E-state index contributed by atoms with van der Waals surface area (Å²) < 4.78 is 32.8. The number of benzene rings is 2. The number of nitrogens with zero attached hydrogens (tertiary/aromatic N) is 2. The number of carbonyl (C=O) groups is 2. The van der Waals surface area contributed by atoms with E-state index in [1.165, 1.54) is 19.2 Å². The summed E-state index contributed by atoms with van der Waals surface area (Å²) in [6.45, 7) is 3.87. The van der Waals surface area contributed by atoms with E-state index in [1.807, 2.05) is 34.9 Å². The minimum atomic E-state index is -0.733. The molecule has 1 saturated heterocycles. The van der Waals surface area contributed by atoms with Gasteiger partial charge in [0, 0.05) is 62.0 Å². The maximum atomic E-state index is 14.0. The Labute approximate surface area is 179 Å². The molecule has 0 spiro atoms. The van der Waals surface area contributed by atoms with Crippen molar-refractivity contribution in [1.29, 1.82) is 0 Å². The Morgan fingerprint density at radius 3 is 2.52 bits per heavy atom. The Balaban J connectivity index is 1.35. The third-order valence-corrected chi connectivity index (χ3v) is 5.93. The number of fused-ring (bicyclic) bond motifs is 1. The van der Waals surface area contributed by atoms with Crippen LogP contribution < -0.4 is 15.0 Å². The molecular formula is C23H25F2N3O3. The number of nitrogens with one attached hydrogen (secondary N) is 1. The van der Waals surface area contributed by atoms with E-state index < -0.39 is 11.6 Å². The number of amides is 1. The lowest BCUT2D eigenvalue weighted by molar-refractivity contribution is -0.118. The molecule has 8 heteroatoms. The number of ether oxygens (including phenoxy) is 1. The van der Waals surface area contributed by atoms with E-state index in [0.717, 1.165) is 11.1 Å². The Morgan fingerprint density at radius 2 is 1.84 bits per heavy atom. The van der Waals surface area contributed by atoms with E-state index in [4.69, 9.17) is 4.74 Å². The van der Waals surface area contributed by atoms with Gasteiger partial charge in [-0.15, -0.1) is 0 Å². The number of ketones is 1. The van der Waals surface area contributed by atoms with Crippen molar-refractivity contribution in [1.82, 2.24) is 4.90 Å². The zero-order chi connectivity index (χ0) is 22.1. The number of halogens is 2. The molecule has 1 fully saturated rings. The number of hydrogen-bond acceptors (Lipinski definition) is 5. The maximum absolute atomic E-state index is 14.0. The zero-order valence-electron chi connectivity index (χ0n) is 17.6. The Hall–Kier alpha value is -3.00. The predicted octanol–water partition coefficient (Wildman–Crippen LogP) is 2.79. The van der Waals surface area contributed by atoms with Gasteiger partial charge in [0.05, 0.1) is 13.7 Å². The fourth-order valence-corrected chi connectivity index (χ4v) is 4.30. The number of rotatable bonds is 5. The monoisotopic (exact) mass is 429 g/mol. The molecule has 1 atom stereocenters. The van der Waals surface area contributed by atoms with Gasteiger partial charge >= 0.3 is 0 Å². The van der Waals surface area contributed by atoms with Crippen molar-refractivity contribution in [3.05, 3.63) is 53.1 Å². The lowest BCUT2D eigenvalue weighted by Crippen LogP contribution is -2.53. The number of Topliss-reactive ketones (excluding diaryl/α,β-unsaturated/α-hetero) is 1. The molecule has 4 rings (SSSR count). The lowest BCUT2D eigenvalue weighted by atomic mass is 10.1. The molecule has 0 radical (unpaired) electrons. The average molecular weight is 429 g/mol. The largest absolute Gasteiger partial charge is 0.491 e. The van der Waals surface area contributed by atoms with Crippen LogP contribution in [0.25, 0.3) is 0 Å². The highest BCUT2D eigenvalue weighted by molar-refractivity contribution is 5.93. The van der Waals surface area contributed by atoms with Crippen LogP contribution in [0.3, 0.4) is 0 Å². The van der Waals surface area contributed by atoms with Crippen LogP contribution in [0.4, 0.5) is 20.2 Å². The van der Waals surface area contributed by atoms with E-state index in [0.29, 0.717) is 43.9 Å². The highest BCUT2D eigenvalue weighted by Crippen LogP contribution is 2.29. The van der Waals surface area contributed by atoms with Crippen molar-refractivity contribution in [2.24, 2.45) is 0 Å². The molecule has 1 heterocycles. The first-order chi connectivity index (χ1) is 14.8. The van der Waals surface area contributed by atoms with Crippen LogP contribution in [0.1, 0.15) is 18.1 Å². The molecule has 0 bridgehead atoms. The van der Waals surface area contributed by atoms with Gasteiger partial charge in [0.15, 0.2) is 17.4 Å². The van der Waals surface area contributed by atoms with Gasteiger partial charge in [-0.3, -0.25) is 14.5 Å². The standard InChI is InChI=1S/C23H25F2N3O3/c1-14-12-28(18-10-20(24)23(31-2)21(25)11-18)6-5-27(14)13-22(30)26-17-4-3-15-8-19(29)9-16(15)7-17/h3-4,7,10-11,14H,5-6,8-9,12-13H2,1-2H3,(H,26,30)/t14-/m1/s1. The molecule has 164 valence electrons. The van der Waals surface area contributed by atoms with Crippen LogP contribution in [-0.2, 0) is 22.4 Å². The molecule has 1 aliphatic carbocycles. The van der Waals surface area contributed by atoms with E-state index in [9.17, 15) is 18.4 Å². The van der Waals surface area contributed by atoms with Crippen molar-refractivity contribution in [2.45, 2.75) is 25.8 Å². The first-order valence-electron chi connectivity index (χ1n) is 10.3. The van der Waals surface area contributed by atoms with Crippen molar-refractivity contribution in [3.8, 4) is 5.75 Å². The predicted molar refractivity (Wildman–Crippen MR) is 114 cm³/mol. The van der Waals surface area contributed by atoms with Gasteiger partial charge in [-0.25, -0.2) is 8.78 Å².